The van der Waals surface area contributed by atoms with Crippen molar-refractivity contribution in [2.45, 2.75) is 68.9 Å². The molecule has 1 fully saturated rings. The molecule has 4 heteroatoms. The predicted octanol–water partition coefficient (Wildman–Crippen LogP) is 2.97. The predicted molar refractivity (Wildman–Crippen MR) is 77.7 cm³/mol. The summed E-state index contributed by atoms with van der Waals surface area (Å²) in [6, 6.07) is 0. The fourth-order valence-corrected chi connectivity index (χ4v) is 4.63. The van der Waals surface area contributed by atoms with Crippen LogP contribution in [-0.2, 0) is 9.53 Å². The Hall–Kier alpha value is -0.220. The monoisotopic (exact) mass is 273 g/mol. The smallest absolute Gasteiger partial charge is 0.325 e. The molecule has 1 rings (SSSR count). The summed E-state index contributed by atoms with van der Waals surface area (Å²) >= 11 is 1.99. The largest absolute Gasteiger partial charge is 0.468 e. The number of ether oxygens (including phenoxy) is 1. The molecule has 0 amide bonds. The maximum absolute atomic E-state index is 11.6. The van der Waals surface area contributed by atoms with Crippen LogP contribution in [0.15, 0.2) is 0 Å². The lowest BCUT2D eigenvalue weighted by molar-refractivity contribution is -0.146. The summed E-state index contributed by atoms with van der Waals surface area (Å²) in [6.45, 7) is 6.26. The Bertz CT molecular complexity index is 281. The number of hydrogen-bond donors (Lipinski definition) is 1. The van der Waals surface area contributed by atoms with Crippen molar-refractivity contribution in [1.29, 1.82) is 0 Å². The SMILES string of the molecule is COC(=O)C(C)(N)CC(C)SC1CCCC(C)C1. The van der Waals surface area contributed by atoms with Gasteiger partial charge in [-0.2, -0.15) is 11.8 Å². The Kier molecular flexibility index (Phi) is 5.99. The maximum Gasteiger partial charge on any atom is 0.325 e. The highest BCUT2D eigenvalue weighted by molar-refractivity contribution is 8.00. The Labute approximate surface area is 115 Å². The van der Waals surface area contributed by atoms with Crippen molar-refractivity contribution in [2.75, 3.05) is 7.11 Å². The summed E-state index contributed by atoms with van der Waals surface area (Å²) in [6.07, 6.45) is 5.98. The molecular weight excluding hydrogens is 246 g/mol. The van der Waals surface area contributed by atoms with E-state index in [1.807, 2.05) is 11.8 Å². The van der Waals surface area contributed by atoms with Gasteiger partial charge in [-0.1, -0.05) is 26.7 Å². The zero-order valence-electron chi connectivity index (χ0n) is 12.1. The van der Waals surface area contributed by atoms with Gasteiger partial charge in [-0.05, 0) is 32.1 Å². The highest BCUT2D eigenvalue weighted by atomic mass is 32.2. The summed E-state index contributed by atoms with van der Waals surface area (Å²) in [7, 11) is 1.40. The van der Waals surface area contributed by atoms with Crippen LogP contribution in [0.2, 0.25) is 0 Å². The van der Waals surface area contributed by atoms with Crippen molar-refractivity contribution in [3.8, 4) is 0 Å². The molecule has 0 spiro atoms. The normalized spacial score (nSPS) is 29.4. The first-order valence-electron chi connectivity index (χ1n) is 6.88. The number of rotatable bonds is 5. The number of esters is 1. The van der Waals surface area contributed by atoms with E-state index in [1.54, 1.807) is 6.92 Å². The Morgan fingerprint density at radius 2 is 2.22 bits per heavy atom. The standard InChI is InChI=1S/C14H27NO2S/c1-10-6-5-7-12(8-10)18-11(2)9-14(3,15)13(16)17-4/h10-12H,5-9,15H2,1-4H3. The molecule has 106 valence electrons. The molecular formula is C14H27NO2S. The molecule has 0 heterocycles. The van der Waals surface area contributed by atoms with Crippen LogP contribution in [0.4, 0.5) is 0 Å². The van der Waals surface area contributed by atoms with Gasteiger partial charge in [0.15, 0.2) is 0 Å². The van der Waals surface area contributed by atoms with Crippen LogP contribution >= 0.6 is 11.8 Å². The van der Waals surface area contributed by atoms with Crippen LogP contribution in [0.25, 0.3) is 0 Å². The maximum atomic E-state index is 11.6. The van der Waals surface area contributed by atoms with Gasteiger partial charge in [0.25, 0.3) is 0 Å². The summed E-state index contributed by atoms with van der Waals surface area (Å²) in [5.41, 5.74) is 5.16. The molecule has 0 bridgehead atoms. The second kappa shape index (κ2) is 6.80. The van der Waals surface area contributed by atoms with Gasteiger partial charge >= 0.3 is 5.97 Å². The topological polar surface area (TPSA) is 52.3 Å². The zero-order chi connectivity index (χ0) is 13.8. The van der Waals surface area contributed by atoms with E-state index in [4.69, 9.17) is 10.5 Å². The van der Waals surface area contributed by atoms with Crippen molar-refractivity contribution in [1.82, 2.24) is 0 Å². The van der Waals surface area contributed by atoms with Gasteiger partial charge in [-0.25, -0.2) is 0 Å². The zero-order valence-corrected chi connectivity index (χ0v) is 12.9. The first kappa shape index (κ1) is 15.8. The highest BCUT2D eigenvalue weighted by Gasteiger charge is 2.32. The minimum atomic E-state index is -0.860. The van der Waals surface area contributed by atoms with E-state index in [0.717, 1.165) is 11.2 Å². The minimum Gasteiger partial charge on any atom is -0.468 e. The Morgan fingerprint density at radius 1 is 1.56 bits per heavy atom. The van der Waals surface area contributed by atoms with E-state index < -0.39 is 5.54 Å². The van der Waals surface area contributed by atoms with Gasteiger partial charge in [-0.15, -0.1) is 0 Å². The lowest BCUT2D eigenvalue weighted by Gasteiger charge is -2.31. The number of carbonyl (C=O) groups excluding carboxylic acids is 1. The van der Waals surface area contributed by atoms with E-state index in [1.165, 1.54) is 32.8 Å². The molecule has 0 aromatic rings. The van der Waals surface area contributed by atoms with Crippen molar-refractivity contribution in [3.63, 3.8) is 0 Å². The molecule has 3 nitrogen and oxygen atoms in total. The molecule has 1 saturated carbocycles. The van der Waals surface area contributed by atoms with E-state index in [2.05, 4.69) is 13.8 Å². The van der Waals surface area contributed by atoms with Gasteiger partial charge in [0.2, 0.25) is 0 Å². The summed E-state index contributed by atoms with van der Waals surface area (Å²) in [5, 5.41) is 1.13. The van der Waals surface area contributed by atoms with Gasteiger partial charge in [0.05, 0.1) is 7.11 Å². The molecule has 1 aliphatic rings. The molecule has 4 atom stereocenters. The van der Waals surface area contributed by atoms with Crippen LogP contribution < -0.4 is 5.73 Å². The molecule has 0 saturated heterocycles. The average molecular weight is 273 g/mol. The summed E-state index contributed by atoms with van der Waals surface area (Å²) < 4.78 is 4.75. The third-order valence-electron chi connectivity index (χ3n) is 3.68. The summed E-state index contributed by atoms with van der Waals surface area (Å²) in [5.74, 6) is 0.528. The van der Waals surface area contributed by atoms with Gasteiger partial charge in [0.1, 0.15) is 5.54 Å². The van der Waals surface area contributed by atoms with Gasteiger partial charge < -0.3 is 10.5 Å². The molecule has 0 aliphatic heterocycles. The van der Waals surface area contributed by atoms with E-state index >= 15 is 0 Å². The van der Waals surface area contributed by atoms with Gasteiger partial charge in [0, 0.05) is 10.5 Å². The number of hydrogen-bond acceptors (Lipinski definition) is 4. The molecule has 2 N–H and O–H groups in total. The van der Waals surface area contributed by atoms with Crippen LogP contribution in [0, 0.1) is 5.92 Å². The quantitative estimate of drug-likeness (QED) is 0.782. The van der Waals surface area contributed by atoms with E-state index in [9.17, 15) is 4.79 Å². The second-order valence-electron chi connectivity index (χ2n) is 5.95. The highest BCUT2D eigenvalue weighted by Crippen LogP contribution is 2.35. The van der Waals surface area contributed by atoms with Crippen molar-refractivity contribution >= 4 is 17.7 Å². The minimum absolute atomic E-state index is 0.313. The number of methoxy groups -OCH3 is 1. The van der Waals surface area contributed by atoms with Gasteiger partial charge in [-0.3, -0.25) is 4.79 Å². The van der Waals surface area contributed by atoms with E-state index in [0.29, 0.717) is 11.7 Å². The van der Waals surface area contributed by atoms with Crippen molar-refractivity contribution in [2.24, 2.45) is 11.7 Å². The fraction of sp³-hybridized carbons (Fsp3) is 0.929. The number of thioether (sulfide) groups is 1. The molecule has 1 aliphatic carbocycles. The molecule has 18 heavy (non-hydrogen) atoms. The fourth-order valence-electron chi connectivity index (χ4n) is 2.79. The lowest BCUT2D eigenvalue weighted by atomic mass is 9.90. The number of carbonyl (C=O) groups is 1. The molecule has 0 aromatic carbocycles. The van der Waals surface area contributed by atoms with Crippen molar-refractivity contribution in [3.05, 3.63) is 0 Å². The third kappa shape index (κ3) is 4.81. The first-order chi connectivity index (χ1) is 8.35. The lowest BCUT2D eigenvalue weighted by Crippen LogP contribution is -2.47. The molecule has 0 radical (unpaired) electrons. The van der Waals surface area contributed by atoms with Crippen LogP contribution in [0.1, 0.15) is 52.9 Å². The summed E-state index contributed by atoms with van der Waals surface area (Å²) in [4.78, 5) is 11.6. The Balaban J connectivity index is 2.41. The number of nitrogens with two attached hydrogens (primary N) is 1. The van der Waals surface area contributed by atoms with Crippen LogP contribution in [0.5, 0.6) is 0 Å². The Morgan fingerprint density at radius 3 is 2.78 bits per heavy atom. The van der Waals surface area contributed by atoms with Crippen LogP contribution in [-0.4, -0.2) is 29.1 Å². The second-order valence-corrected chi connectivity index (χ2v) is 7.70. The molecule has 0 aromatic heterocycles. The van der Waals surface area contributed by atoms with E-state index in [-0.39, 0.29) is 5.97 Å². The average Bonchev–Trinajstić information content (AvgIpc) is 2.26. The third-order valence-corrected chi connectivity index (χ3v) is 5.12. The first-order valence-corrected chi connectivity index (χ1v) is 7.82. The van der Waals surface area contributed by atoms with Crippen LogP contribution in [0.3, 0.4) is 0 Å². The molecule has 4 unspecified atom stereocenters. The van der Waals surface area contributed by atoms with Crippen molar-refractivity contribution < 1.29 is 9.53 Å².